The second-order valence-corrected chi connectivity index (χ2v) is 13.5. The van der Waals surface area contributed by atoms with Crippen LogP contribution in [0.1, 0.15) is 0 Å². The molecular weight excluding hydrogens is 735 g/mol. The molecule has 6 aromatic carbocycles. The number of aromatic nitrogens is 6. The molecule has 0 spiro atoms. The molecule has 0 aliphatic rings. The van der Waals surface area contributed by atoms with Crippen LogP contribution in [-0.4, -0.2) is 34.4 Å². The third-order valence-corrected chi connectivity index (χ3v) is 9.53. The number of thiocarbonyl (C=S) groups is 1. The molecule has 9 aromatic rings. The van der Waals surface area contributed by atoms with Crippen LogP contribution in [0.5, 0.6) is 0 Å². The summed E-state index contributed by atoms with van der Waals surface area (Å²) < 4.78 is 30.3. The lowest BCUT2D eigenvalue weighted by Crippen LogP contribution is -2.34. The Morgan fingerprint density at radius 1 is 0.618 bits per heavy atom. The minimum atomic E-state index is -0.248. The monoisotopic (exact) mass is 764 g/mol. The zero-order valence-corrected chi connectivity index (χ0v) is 30.4. The zero-order chi connectivity index (χ0) is 37.7. The normalized spacial score (nSPS) is 10.9. The van der Waals surface area contributed by atoms with E-state index in [0.717, 1.165) is 72.2 Å². The van der Waals surface area contributed by atoms with Gasteiger partial charge in [0.2, 0.25) is 5.13 Å². The Morgan fingerprint density at radius 3 is 1.64 bits per heavy atom. The summed E-state index contributed by atoms with van der Waals surface area (Å²) in [5.41, 5.74) is 15.4. The van der Waals surface area contributed by atoms with Crippen molar-refractivity contribution in [2.75, 3.05) is 10.6 Å². The van der Waals surface area contributed by atoms with E-state index in [4.69, 9.17) is 18.1 Å². The molecule has 10 nitrogen and oxygen atoms in total. The molecule has 0 saturated heterocycles. The van der Waals surface area contributed by atoms with E-state index in [1.807, 2.05) is 100 Å². The number of halogens is 2. The van der Waals surface area contributed by atoms with Crippen molar-refractivity contribution in [3.63, 3.8) is 0 Å². The SMILES string of the molecule is Fc1ccc(-c2ccc3c(c2)ncn3-c2cccc(Nc3nncs3)c2)cc1.NNC(=S)Nc1cccc(-n2cnc3cc(-c4ccc(F)cc4)ccc32)c1. The molecule has 0 fully saturated rings. The van der Waals surface area contributed by atoms with E-state index in [-0.39, 0.29) is 11.6 Å². The number of imidazole rings is 2. The van der Waals surface area contributed by atoms with Gasteiger partial charge in [-0.05, 0) is 119 Å². The molecule has 0 atom stereocenters. The van der Waals surface area contributed by atoms with Crippen LogP contribution in [0, 0.1) is 11.6 Å². The van der Waals surface area contributed by atoms with E-state index in [9.17, 15) is 8.78 Å². The van der Waals surface area contributed by atoms with Crippen LogP contribution in [0.15, 0.2) is 152 Å². The Bertz CT molecular complexity index is 2750. The first kappa shape index (κ1) is 35.2. The fourth-order valence-electron chi connectivity index (χ4n) is 6.07. The largest absolute Gasteiger partial charge is 0.332 e. The number of benzene rings is 6. The first-order chi connectivity index (χ1) is 26.9. The summed E-state index contributed by atoms with van der Waals surface area (Å²) in [6.07, 6.45) is 3.58. The van der Waals surface area contributed by atoms with Gasteiger partial charge in [0.25, 0.3) is 0 Å². The van der Waals surface area contributed by atoms with Gasteiger partial charge in [-0.15, -0.1) is 10.2 Å². The van der Waals surface area contributed by atoms with Crippen molar-refractivity contribution in [1.29, 1.82) is 0 Å². The second-order valence-electron chi connectivity index (χ2n) is 12.2. The summed E-state index contributed by atoms with van der Waals surface area (Å²) in [6, 6.07) is 40.8. The Labute approximate surface area is 322 Å². The molecule has 0 bridgehead atoms. The van der Waals surface area contributed by atoms with Gasteiger partial charge >= 0.3 is 0 Å². The minimum absolute atomic E-state index is 0.240. The number of nitrogens with one attached hydrogen (secondary N) is 3. The quantitative estimate of drug-likeness (QED) is 0.0714. The fourth-order valence-corrected chi connectivity index (χ4v) is 6.65. The van der Waals surface area contributed by atoms with Crippen molar-refractivity contribution >= 4 is 67.2 Å². The molecule has 270 valence electrons. The fraction of sp³-hybridized carbons (Fsp3) is 0. The summed E-state index contributed by atoms with van der Waals surface area (Å²) in [6.45, 7) is 0. The number of anilines is 3. The highest BCUT2D eigenvalue weighted by molar-refractivity contribution is 7.80. The number of nitrogens with two attached hydrogens (primary N) is 1. The van der Waals surface area contributed by atoms with Crippen LogP contribution in [0.2, 0.25) is 0 Å². The van der Waals surface area contributed by atoms with E-state index < -0.39 is 0 Å². The van der Waals surface area contributed by atoms with E-state index in [1.165, 1.54) is 35.6 Å². The van der Waals surface area contributed by atoms with Crippen molar-refractivity contribution in [1.82, 2.24) is 34.7 Å². The van der Waals surface area contributed by atoms with Gasteiger partial charge in [-0.2, -0.15) is 0 Å². The third-order valence-electron chi connectivity index (χ3n) is 8.70. The molecule has 0 unspecified atom stereocenters. The summed E-state index contributed by atoms with van der Waals surface area (Å²) in [4.78, 5) is 9.07. The summed E-state index contributed by atoms with van der Waals surface area (Å²) in [5, 5.41) is 15.2. The number of nitrogens with zero attached hydrogens (tertiary/aromatic N) is 6. The van der Waals surface area contributed by atoms with Gasteiger partial charge in [0.15, 0.2) is 5.11 Å². The first-order valence-electron chi connectivity index (χ1n) is 16.9. The topological polar surface area (TPSA) is 124 Å². The standard InChI is InChI=1S/C21H14FN5S.C20H16FN5S/c22-16-7-4-14(5-8-16)15-6-9-20-19(10-15)23-12-27(20)18-3-1-2-17(11-18)25-21-26-24-13-28-21;21-15-7-4-13(5-8-15)14-6-9-19-18(10-14)23-12-26(19)17-3-1-2-16(11-17)24-20(27)25-22/h1-13H,(H,25,26);1-12H,22H2,(H2,24,25,27). The van der Waals surface area contributed by atoms with E-state index in [1.54, 1.807) is 36.1 Å². The molecule has 0 aliphatic carbocycles. The molecular formula is C41H30F2N10S2. The van der Waals surface area contributed by atoms with Gasteiger partial charge in [0, 0.05) is 22.7 Å². The summed E-state index contributed by atoms with van der Waals surface area (Å²) in [5.74, 6) is 4.82. The summed E-state index contributed by atoms with van der Waals surface area (Å²) >= 11 is 6.48. The molecule has 3 heterocycles. The first-order valence-corrected chi connectivity index (χ1v) is 18.2. The lowest BCUT2D eigenvalue weighted by Gasteiger charge is -2.10. The highest BCUT2D eigenvalue weighted by atomic mass is 32.1. The molecule has 55 heavy (non-hydrogen) atoms. The molecule has 3 aromatic heterocycles. The summed E-state index contributed by atoms with van der Waals surface area (Å²) in [7, 11) is 0. The Morgan fingerprint density at radius 2 is 1.13 bits per heavy atom. The van der Waals surface area contributed by atoms with Crippen LogP contribution in [0.25, 0.3) is 55.7 Å². The van der Waals surface area contributed by atoms with Crippen LogP contribution in [0.4, 0.5) is 25.3 Å². The van der Waals surface area contributed by atoms with Gasteiger partial charge in [0.05, 0.1) is 22.1 Å². The second kappa shape index (κ2) is 15.6. The van der Waals surface area contributed by atoms with Crippen LogP contribution in [-0.2, 0) is 0 Å². The highest BCUT2D eigenvalue weighted by Gasteiger charge is 2.10. The van der Waals surface area contributed by atoms with E-state index in [0.29, 0.717) is 5.11 Å². The molecule has 9 rings (SSSR count). The number of hydrazine groups is 1. The van der Waals surface area contributed by atoms with Crippen LogP contribution in [0.3, 0.4) is 0 Å². The maximum absolute atomic E-state index is 13.2. The molecule has 14 heteroatoms. The van der Waals surface area contributed by atoms with Gasteiger partial charge in [-0.3, -0.25) is 9.13 Å². The van der Waals surface area contributed by atoms with Crippen molar-refractivity contribution in [3.05, 3.63) is 163 Å². The molecule has 0 saturated carbocycles. The molecule has 0 radical (unpaired) electrons. The Hall–Kier alpha value is -6.87. The van der Waals surface area contributed by atoms with Crippen molar-refractivity contribution in [2.45, 2.75) is 0 Å². The number of fused-ring (bicyclic) bond motifs is 2. The number of rotatable bonds is 7. The van der Waals surface area contributed by atoms with Gasteiger partial charge in [-0.1, -0.05) is 59.9 Å². The van der Waals surface area contributed by atoms with Crippen molar-refractivity contribution in [2.24, 2.45) is 5.84 Å². The van der Waals surface area contributed by atoms with Gasteiger partial charge in [-0.25, -0.2) is 24.6 Å². The lowest BCUT2D eigenvalue weighted by atomic mass is 10.1. The molecule has 0 aliphatic heterocycles. The number of hydrogen-bond donors (Lipinski definition) is 4. The van der Waals surface area contributed by atoms with Gasteiger partial charge in [0.1, 0.15) is 29.8 Å². The predicted octanol–water partition coefficient (Wildman–Crippen LogP) is 9.42. The Balaban J connectivity index is 0.000000155. The molecule has 5 N–H and O–H groups in total. The maximum Gasteiger partial charge on any atom is 0.209 e. The van der Waals surface area contributed by atoms with Crippen LogP contribution >= 0.6 is 23.6 Å². The minimum Gasteiger partial charge on any atom is -0.332 e. The van der Waals surface area contributed by atoms with Crippen molar-refractivity contribution < 1.29 is 8.78 Å². The molecule has 0 amide bonds. The van der Waals surface area contributed by atoms with Crippen LogP contribution < -0.4 is 21.9 Å². The number of hydrogen-bond acceptors (Lipinski definition) is 8. The maximum atomic E-state index is 13.2. The predicted molar refractivity (Wildman–Crippen MR) is 220 cm³/mol. The Kier molecular flexibility index (Phi) is 9.99. The van der Waals surface area contributed by atoms with E-state index >= 15 is 0 Å². The van der Waals surface area contributed by atoms with E-state index in [2.05, 4.69) is 36.2 Å². The highest BCUT2D eigenvalue weighted by Crippen LogP contribution is 2.29. The lowest BCUT2D eigenvalue weighted by molar-refractivity contribution is 0.627. The average molecular weight is 765 g/mol. The smallest absolute Gasteiger partial charge is 0.209 e. The third kappa shape index (κ3) is 7.91. The van der Waals surface area contributed by atoms with Gasteiger partial charge < -0.3 is 16.1 Å². The zero-order valence-electron chi connectivity index (χ0n) is 28.8. The average Bonchev–Trinajstić information content (AvgIpc) is 3.99. The van der Waals surface area contributed by atoms with Crippen molar-refractivity contribution in [3.8, 4) is 33.6 Å².